The minimum atomic E-state index is 0.332. The molecule has 112 valence electrons. The van der Waals surface area contributed by atoms with Crippen molar-refractivity contribution in [2.45, 2.75) is 13.5 Å². The molecule has 0 unspecified atom stereocenters. The monoisotopic (exact) mass is 419 g/mol. The van der Waals surface area contributed by atoms with Gasteiger partial charge in [-0.05, 0) is 47.7 Å². The molecule has 0 aliphatic rings. The van der Waals surface area contributed by atoms with Crippen LogP contribution in [0.4, 0.5) is 17.3 Å². The molecule has 0 saturated heterocycles. The number of ether oxygens (including phenoxy) is 1. The van der Waals surface area contributed by atoms with Crippen LogP contribution in [0.1, 0.15) is 12.7 Å². The van der Waals surface area contributed by atoms with Crippen LogP contribution >= 0.6 is 34.2 Å². The highest BCUT2D eigenvalue weighted by Gasteiger charge is 2.07. The molecule has 4 N–H and O–H groups in total. The van der Waals surface area contributed by atoms with Gasteiger partial charge in [0.15, 0.2) is 5.82 Å². The quantitative estimate of drug-likeness (QED) is 0.378. The van der Waals surface area contributed by atoms with E-state index in [4.69, 9.17) is 22.2 Å². The minimum Gasteiger partial charge on any atom is -0.374 e. The summed E-state index contributed by atoms with van der Waals surface area (Å²) in [6, 6.07) is 7.30. The fourth-order valence-electron chi connectivity index (χ4n) is 1.62. The molecule has 8 heteroatoms. The van der Waals surface area contributed by atoms with Crippen molar-refractivity contribution in [2.75, 3.05) is 17.3 Å². The number of aromatic nitrogens is 2. The molecule has 2 aromatic rings. The zero-order valence-electron chi connectivity index (χ0n) is 11.4. The molecule has 1 aromatic carbocycles. The third-order valence-corrected chi connectivity index (χ3v) is 3.68. The molecule has 0 saturated carbocycles. The van der Waals surface area contributed by atoms with Gasteiger partial charge in [-0.1, -0.05) is 11.6 Å². The summed E-state index contributed by atoms with van der Waals surface area (Å²) in [6.07, 6.45) is 0. The first kappa shape index (κ1) is 16.2. The van der Waals surface area contributed by atoms with Crippen molar-refractivity contribution in [1.82, 2.24) is 9.97 Å². The third-order valence-electron chi connectivity index (χ3n) is 2.55. The van der Waals surface area contributed by atoms with Gasteiger partial charge in [-0.3, -0.25) is 0 Å². The summed E-state index contributed by atoms with van der Waals surface area (Å²) in [7, 11) is 0. The highest BCUT2D eigenvalue weighted by molar-refractivity contribution is 14.1. The van der Waals surface area contributed by atoms with Gasteiger partial charge in [-0.15, -0.1) is 0 Å². The van der Waals surface area contributed by atoms with E-state index in [2.05, 4.69) is 43.3 Å². The number of nitrogens with one attached hydrogen (secondary N) is 2. The number of hydrogen-bond acceptors (Lipinski definition) is 6. The maximum absolute atomic E-state index is 5.95. The molecule has 1 aromatic heterocycles. The van der Waals surface area contributed by atoms with Crippen molar-refractivity contribution in [3.05, 3.63) is 38.7 Å². The number of rotatable bonds is 6. The summed E-state index contributed by atoms with van der Waals surface area (Å²) in [4.78, 5) is 8.63. The summed E-state index contributed by atoms with van der Waals surface area (Å²) in [5.74, 6) is 7.14. The maximum atomic E-state index is 5.95. The van der Waals surface area contributed by atoms with Crippen molar-refractivity contribution < 1.29 is 4.74 Å². The molecule has 0 spiro atoms. The fourth-order valence-corrected chi connectivity index (χ4v) is 2.63. The predicted octanol–water partition coefficient (Wildman–Crippen LogP) is 3.30. The van der Waals surface area contributed by atoms with Crippen molar-refractivity contribution in [3.63, 3.8) is 0 Å². The lowest BCUT2D eigenvalue weighted by Gasteiger charge is -2.11. The number of halogens is 2. The van der Waals surface area contributed by atoms with E-state index in [-0.39, 0.29) is 0 Å². The predicted molar refractivity (Wildman–Crippen MR) is 92.6 cm³/mol. The average molecular weight is 420 g/mol. The summed E-state index contributed by atoms with van der Waals surface area (Å²) in [6.45, 7) is 2.85. The van der Waals surface area contributed by atoms with Crippen LogP contribution in [0.3, 0.4) is 0 Å². The zero-order chi connectivity index (χ0) is 15.2. The Balaban J connectivity index is 2.25. The SMILES string of the molecule is CCOCc1nc(NN)cc(Nc2ccc(Cl)cc2I)n1. The van der Waals surface area contributed by atoms with E-state index in [0.29, 0.717) is 35.7 Å². The van der Waals surface area contributed by atoms with Gasteiger partial charge in [0.05, 0.1) is 5.69 Å². The van der Waals surface area contributed by atoms with Crippen LogP contribution in [0.25, 0.3) is 0 Å². The average Bonchev–Trinajstić information content (AvgIpc) is 2.48. The van der Waals surface area contributed by atoms with Gasteiger partial charge in [0.2, 0.25) is 0 Å². The van der Waals surface area contributed by atoms with Crippen LogP contribution in [0, 0.1) is 3.57 Å². The molecule has 2 rings (SSSR count). The molecule has 0 bridgehead atoms. The summed E-state index contributed by atoms with van der Waals surface area (Å²) in [5, 5.41) is 3.91. The normalized spacial score (nSPS) is 10.5. The Hall–Kier alpha value is -1.16. The van der Waals surface area contributed by atoms with Gasteiger partial charge < -0.3 is 15.5 Å². The number of hydrogen-bond donors (Lipinski definition) is 3. The Morgan fingerprint density at radius 1 is 1.29 bits per heavy atom. The van der Waals surface area contributed by atoms with E-state index >= 15 is 0 Å². The molecule has 0 atom stereocenters. The standard InChI is InChI=1S/C13H15ClIN5O/c1-2-21-7-13-18-11(6-12(19-13)20-16)17-10-4-3-8(14)5-9(10)15/h3-6H,2,7,16H2,1H3,(H2,17,18,19,20). The van der Waals surface area contributed by atoms with Crippen LogP contribution in [0.15, 0.2) is 24.3 Å². The molecule has 0 amide bonds. The Labute approximate surface area is 141 Å². The second kappa shape index (κ2) is 7.74. The van der Waals surface area contributed by atoms with Gasteiger partial charge >= 0.3 is 0 Å². The number of benzene rings is 1. The zero-order valence-corrected chi connectivity index (χ0v) is 14.3. The van der Waals surface area contributed by atoms with Crippen LogP contribution < -0.4 is 16.6 Å². The second-order valence-corrected chi connectivity index (χ2v) is 5.68. The van der Waals surface area contributed by atoms with Crippen molar-refractivity contribution in [3.8, 4) is 0 Å². The smallest absolute Gasteiger partial charge is 0.158 e. The van der Waals surface area contributed by atoms with Crippen LogP contribution in [-0.4, -0.2) is 16.6 Å². The van der Waals surface area contributed by atoms with Crippen LogP contribution in [0.5, 0.6) is 0 Å². The first-order valence-electron chi connectivity index (χ1n) is 6.26. The van der Waals surface area contributed by atoms with E-state index < -0.39 is 0 Å². The number of anilines is 3. The first-order chi connectivity index (χ1) is 10.1. The van der Waals surface area contributed by atoms with Gasteiger partial charge in [0.25, 0.3) is 0 Å². The topological polar surface area (TPSA) is 85.1 Å². The lowest BCUT2D eigenvalue weighted by molar-refractivity contribution is 0.128. The number of nitrogens with zero attached hydrogens (tertiary/aromatic N) is 2. The van der Waals surface area contributed by atoms with E-state index in [1.807, 2.05) is 25.1 Å². The summed E-state index contributed by atoms with van der Waals surface area (Å²) < 4.78 is 6.32. The van der Waals surface area contributed by atoms with Gasteiger partial charge in [0.1, 0.15) is 18.2 Å². The minimum absolute atomic E-state index is 0.332. The molecule has 21 heavy (non-hydrogen) atoms. The molecule has 0 aliphatic heterocycles. The molecule has 6 nitrogen and oxygen atoms in total. The Morgan fingerprint density at radius 3 is 2.71 bits per heavy atom. The molecular weight excluding hydrogens is 405 g/mol. The van der Waals surface area contributed by atoms with E-state index in [0.717, 1.165) is 9.26 Å². The number of nitrogens with two attached hydrogens (primary N) is 1. The van der Waals surface area contributed by atoms with Crippen LogP contribution in [0.2, 0.25) is 5.02 Å². The highest BCUT2D eigenvalue weighted by Crippen LogP contribution is 2.25. The van der Waals surface area contributed by atoms with Crippen molar-refractivity contribution in [2.24, 2.45) is 5.84 Å². The Bertz CT molecular complexity index is 626. The Morgan fingerprint density at radius 2 is 2.05 bits per heavy atom. The molecule has 1 heterocycles. The lowest BCUT2D eigenvalue weighted by Crippen LogP contribution is -2.12. The fraction of sp³-hybridized carbons (Fsp3) is 0.231. The van der Waals surface area contributed by atoms with Crippen molar-refractivity contribution >= 4 is 51.5 Å². The van der Waals surface area contributed by atoms with E-state index in [9.17, 15) is 0 Å². The number of nitrogen functional groups attached to an aromatic ring is 1. The van der Waals surface area contributed by atoms with Crippen molar-refractivity contribution in [1.29, 1.82) is 0 Å². The summed E-state index contributed by atoms with van der Waals surface area (Å²) >= 11 is 8.16. The molecule has 0 aliphatic carbocycles. The second-order valence-electron chi connectivity index (χ2n) is 4.09. The number of hydrazine groups is 1. The van der Waals surface area contributed by atoms with E-state index in [1.54, 1.807) is 6.07 Å². The maximum Gasteiger partial charge on any atom is 0.158 e. The van der Waals surface area contributed by atoms with Gasteiger partial charge in [0, 0.05) is 21.3 Å². The largest absolute Gasteiger partial charge is 0.374 e. The molecule has 0 fully saturated rings. The van der Waals surface area contributed by atoms with Gasteiger partial charge in [-0.2, -0.15) is 0 Å². The van der Waals surface area contributed by atoms with E-state index in [1.165, 1.54) is 0 Å². The molecule has 0 radical (unpaired) electrons. The molecular formula is C13H15ClIN5O. The van der Waals surface area contributed by atoms with Gasteiger partial charge in [-0.25, -0.2) is 15.8 Å². The lowest BCUT2D eigenvalue weighted by atomic mass is 10.3. The highest BCUT2D eigenvalue weighted by atomic mass is 127. The summed E-state index contributed by atoms with van der Waals surface area (Å²) in [5.41, 5.74) is 3.43. The van der Waals surface area contributed by atoms with Crippen LogP contribution in [-0.2, 0) is 11.3 Å². The Kier molecular flexibility index (Phi) is 5.97. The first-order valence-corrected chi connectivity index (χ1v) is 7.72. The third kappa shape index (κ3) is 4.67.